The maximum atomic E-state index is 12.7. The minimum Gasteiger partial charge on any atom is -0.495 e. The molecule has 1 fully saturated rings. The number of aromatic amines is 1. The number of fused-ring (bicyclic) bond motifs is 2. The molecule has 2 aliphatic rings. The molecule has 4 aromatic rings. The van der Waals surface area contributed by atoms with Gasteiger partial charge in [-0.3, -0.25) is 9.78 Å². The van der Waals surface area contributed by atoms with Gasteiger partial charge in [0.2, 0.25) is 5.56 Å². The number of pyridine rings is 2. The van der Waals surface area contributed by atoms with E-state index in [-0.39, 0.29) is 11.6 Å². The molecule has 0 spiro atoms. The smallest absolute Gasteiger partial charge is 0.250 e. The van der Waals surface area contributed by atoms with Crippen molar-refractivity contribution in [3.05, 3.63) is 82.9 Å². The van der Waals surface area contributed by atoms with E-state index in [0.717, 1.165) is 59.9 Å². The second kappa shape index (κ2) is 12.0. The highest BCUT2D eigenvalue weighted by Gasteiger charge is 2.23. The number of H-pyrrole nitrogens is 1. The zero-order chi connectivity index (χ0) is 27.5. The van der Waals surface area contributed by atoms with E-state index in [1.54, 1.807) is 42.9 Å². The summed E-state index contributed by atoms with van der Waals surface area (Å²) >= 11 is 3.53. The Hall–Kier alpha value is -3.40. The SMILES string of the molecule is CCCC(Nc1ccc2c(c1)Sc1cccc(-c3cc(N4CCOCC4)cc(=O)[nH]3)c1S2)c1cncc(OC)c1. The van der Waals surface area contributed by atoms with E-state index in [1.807, 2.05) is 6.20 Å². The van der Waals surface area contributed by atoms with Crippen molar-refractivity contribution in [1.29, 1.82) is 0 Å². The highest BCUT2D eigenvalue weighted by Crippen LogP contribution is 2.52. The van der Waals surface area contributed by atoms with E-state index in [0.29, 0.717) is 13.2 Å². The van der Waals surface area contributed by atoms with Gasteiger partial charge in [0.25, 0.3) is 0 Å². The van der Waals surface area contributed by atoms with Crippen LogP contribution < -0.4 is 20.5 Å². The molecule has 2 aliphatic heterocycles. The van der Waals surface area contributed by atoms with Crippen LogP contribution in [0.15, 0.2) is 91.4 Å². The van der Waals surface area contributed by atoms with Crippen LogP contribution in [0.3, 0.4) is 0 Å². The molecular weight excluding hydrogens is 541 g/mol. The van der Waals surface area contributed by atoms with Crippen molar-refractivity contribution in [2.75, 3.05) is 43.6 Å². The minimum atomic E-state index is -0.0888. The number of aromatic nitrogens is 2. The summed E-state index contributed by atoms with van der Waals surface area (Å²) in [5.41, 5.74) is 4.93. The fourth-order valence-electron chi connectivity index (χ4n) is 5.13. The first-order chi connectivity index (χ1) is 19.6. The first-order valence-electron chi connectivity index (χ1n) is 13.6. The molecule has 7 nitrogen and oxygen atoms in total. The molecular formula is C31H32N4O3S2. The number of hydrogen-bond donors (Lipinski definition) is 2. The van der Waals surface area contributed by atoms with E-state index in [9.17, 15) is 4.79 Å². The lowest BCUT2D eigenvalue weighted by atomic mass is 10.0. The summed E-state index contributed by atoms with van der Waals surface area (Å²) in [6.07, 6.45) is 5.69. The van der Waals surface area contributed by atoms with Gasteiger partial charge in [-0.2, -0.15) is 0 Å². The summed E-state index contributed by atoms with van der Waals surface area (Å²) in [5.74, 6) is 0.766. The maximum absolute atomic E-state index is 12.7. The molecule has 9 heteroatoms. The van der Waals surface area contributed by atoms with Crippen LogP contribution in [0.5, 0.6) is 5.75 Å². The standard InChI is InChI=1S/C31H32N4O3S2/c1-3-5-25(20-14-23(37-2)19-32-18-20)33-21-8-9-27-29(15-21)39-28-7-4-6-24(31(28)40-27)26-16-22(17-30(36)34-26)35-10-12-38-13-11-35/h4,6-9,14-19,25,33H,3,5,10-13H2,1-2H3,(H,34,36). The van der Waals surface area contributed by atoms with Crippen LogP contribution >= 0.6 is 23.5 Å². The predicted molar refractivity (Wildman–Crippen MR) is 162 cm³/mol. The molecule has 1 unspecified atom stereocenters. The number of nitrogens with one attached hydrogen (secondary N) is 2. The van der Waals surface area contributed by atoms with Crippen LogP contribution in [0.4, 0.5) is 11.4 Å². The van der Waals surface area contributed by atoms with Gasteiger partial charge >= 0.3 is 0 Å². The van der Waals surface area contributed by atoms with Crippen LogP contribution in [0.1, 0.15) is 31.4 Å². The molecule has 2 aromatic heterocycles. The summed E-state index contributed by atoms with van der Waals surface area (Å²) < 4.78 is 10.9. The van der Waals surface area contributed by atoms with Crippen molar-refractivity contribution in [3.63, 3.8) is 0 Å². The monoisotopic (exact) mass is 572 g/mol. The molecule has 0 saturated carbocycles. The Kier molecular flexibility index (Phi) is 8.04. The van der Waals surface area contributed by atoms with Crippen LogP contribution in [0.25, 0.3) is 11.3 Å². The summed E-state index contributed by atoms with van der Waals surface area (Å²) in [6.45, 7) is 5.13. The van der Waals surface area contributed by atoms with Crippen molar-refractivity contribution in [2.45, 2.75) is 45.4 Å². The number of morpholine rings is 1. The van der Waals surface area contributed by atoms with Crippen molar-refractivity contribution < 1.29 is 9.47 Å². The van der Waals surface area contributed by atoms with E-state index < -0.39 is 0 Å². The third kappa shape index (κ3) is 5.73. The average molecular weight is 573 g/mol. The first kappa shape index (κ1) is 26.8. The Bertz CT molecular complexity index is 1570. The average Bonchev–Trinajstić information content (AvgIpc) is 2.99. The zero-order valence-electron chi connectivity index (χ0n) is 22.6. The van der Waals surface area contributed by atoms with Gasteiger partial charge in [0.1, 0.15) is 5.75 Å². The fraction of sp³-hybridized carbons (Fsp3) is 0.290. The van der Waals surface area contributed by atoms with Crippen molar-refractivity contribution >= 4 is 34.9 Å². The van der Waals surface area contributed by atoms with Crippen LogP contribution in [0.2, 0.25) is 0 Å². The second-order valence-electron chi connectivity index (χ2n) is 9.86. The third-order valence-electron chi connectivity index (χ3n) is 7.14. The Balaban J connectivity index is 1.27. The Labute approximate surface area is 242 Å². The molecule has 4 heterocycles. The first-order valence-corrected chi connectivity index (χ1v) is 15.2. The predicted octanol–water partition coefficient (Wildman–Crippen LogP) is 6.85. The number of nitrogens with zero attached hydrogens (tertiary/aromatic N) is 2. The van der Waals surface area contributed by atoms with Gasteiger partial charge in [-0.1, -0.05) is 49.0 Å². The van der Waals surface area contributed by atoms with Gasteiger partial charge in [0.15, 0.2) is 0 Å². The van der Waals surface area contributed by atoms with Crippen molar-refractivity contribution in [3.8, 4) is 17.0 Å². The lowest BCUT2D eigenvalue weighted by molar-refractivity contribution is 0.122. The van der Waals surface area contributed by atoms with Crippen LogP contribution in [0, 0.1) is 0 Å². The minimum absolute atomic E-state index is 0.0888. The summed E-state index contributed by atoms with van der Waals surface area (Å²) in [5, 5.41) is 3.73. The van der Waals surface area contributed by atoms with Crippen molar-refractivity contribution in [2.24, 2.45) is 0 Å². The quantitative estimate of drug-likeness (QED) is 0.209. The number of rotatable bonds is 8. The Morgan fingerprint density at radius 3 is 2.75 bits per heavy atom. The van der Waals surface area contributed by atoms with Gasteiger partial charge in [0.05, 0.1) is 38.3 Å². The zero-order valence-corrected chi connectivity index (χ0v) is 24.2. The van der Waals surface area contributed by atoms with Gasteiger partial charge < -0.3 is 24.7 Å². The Morgan fingerprint density at radius 1 is 1.05 bits per heavy atom. The maximum Gasteiger partial charge on any atom is 0.250 e. The summed E-state index contributed by atoms with van der Waals surface area (Å²) in [7, 11) is 1.67. The molecule has 0 bridgehead atoms. The molecule has 0 amide bonds. The summed E-state index contributed by atoms with van der Waals surface area (Å²) in [6, 6.07) is 18.9. The number of anilines is 2. The Morgan fingerprint density at radius 2 is 1.93 bits per heavy atom. The lowest BCUT2D eigenvalue weighted by Gasteiger charge is -2.29. The summed E-state index contributed by atoms with van der Waals surface area (Å²) in [4.78, 5) is 27.1. The molecule has 2 aromatic carbocycles. The molecule has 40 heavy (non-hydrogen) atoms. The van der Waals surface area contributed by atoms with E-state index >= 15 is 0 Å². The van der Waals surface area contributed by atoms with Gasteiger partial charge in [0, 0.05) is 61.9 Å². The molecule has 0 aliphatic carbocycles. The number of ether oxygens (including phenoxy) is 2. The topological polar surface area (TPSA) is 79.5 Å². The molecule has 0 radical (unpaired) electrons. The number of methoxy groups -OCH3 is 1. The largest absolute Gasteiger partial charge is 0.495 e. The highest BCUT2D eigenvalue weighted by molar-refractivity contribution is 8.05. The van der Waals surface area contributed by atoms with Gasteiger partial charge in [-0.05, 0) is 48.4 Å². The highest BCUT2D eigenvalue weighted by atomic mass is 32.2. The van der Waals surface area contributed by atoms with E-state index in [1.165, 1.54) is 19.6 Å². The third-order valence-corrected chi connectivity index (χ3v) is 9.74. The second-order valence-corrected chi connectivity index (χ2v) is 12.0. The lowest BCUT2D eigenvalue weighted by Crippen LogP contribution is -2.36. The molecule has 2 N–H and O–H groups in total. The number of benzene rings is 2. The molecule has 206 valence electrons. The molecule has 1 saturated heterocycles. The van der Waals surface area contributed by atoms with E-state index in [2.05, 4.69) is 75.6 Å². The van der Waals surface area contributed by atoms with Gasteiger partial charge in [-0.25, -0.2) is 0 Å². The molecule has 6 rings (SSSR count). The van der Waals surface area contributed by atoms with Gasteiger partial charge in [-0.15, -0.1) is 0 Å². The van der Waals surface area contributed by atoms with E-state index in [4.69, 9.17) is 9.47 Å². The van der Waals surface area contributed by atoms with Crippen molar-refractivity contribution in [1.82, 2.24) is 9.97 Å². The van der Waals surface area contributed by atoms with Crippen LogP contribution in [-0.4, -0.2) is 43.4 Å². The molecule has 1 atom stereocenters. The van der Waals surface area contributed by atoms with Crippen LogP contribution in [-0.2, 0) is 4.74 Å². The number of hydrogen-bond acceptors (Lipinski definition) is 8. The normalized spacial score (nSPS) is 15.2. The fourth-order valence-corrected chi connectivity index (χ4v) is 7.54.